The minimum Gasteiger partial charge on any atom is -0.370 e. The Morgan fingerprint density at radius 1 is 1.24 bits per heavy atom. The quantitative estimate of drug-likeness (QED) is 0.774. The Morgan fingerprint density at radius 2 is 1.94 bits per heavy atom. The lowest BCUT2D eigenvalue weighted by Gasteiger charge is -2.23. The summed E-state index contributed by atoms with van der Waals surface area (Å²) in [5.41, 5.74) is 6.94. The minimum absolute atomic E-state index is 0.143. The van der Waals surface area contributed by atoms with Crippen molar-refractivity contribution in [2.75, 3.05) is 14.1 Å². The lowest BCUT2D eigenvalue weighted by molar-refractivity contribution is 0.571. The first-order valence-electron chi connectivity index (χ1n) is 5.54. The molecule has 0 aliphatic carbocycles. The molecule has 0 bridgehead atoms. The average molecular weight is 231 g/mol. The average Bonchev–Trinajstić information content (AvgIpc) is 2.29. The first-order chi connectivity index (χ1) is 8.15. The Bertz CT molecular complexity index is 435. The van der Waals surface area contributed by atoms with Crippen molar-refractivity contribution >= 4 is 11.9 Å². The summed E-state index contributed by atoms with van der Waals surface area (Å²) in [4.78, 5) is 10.7. The lowest BCUT2D eigenvalue weighted by Crippen LogP contribution is -2.47. The molecule has 0 saturated carbocycles. The smallest absolute Gasteiger partial charge is 0.202 e. The fourth-order valence-corrected chi connectivity index (χ4v) is 1.65. The summed E-state index contributed by atoms with van der Waals surface area (Å²) in [6, 6.07) is 10.2. The van der Waals surface area contributed by atoms with Gasteiger partial charge in [0.25, 0.3) is 0 Å². The molecule has 1 atom stereocenters. The monoisotopic (exact) mass is 231 g/mol. The van der Waals surface area contributed by atoms with Crippen LogP contribution in [-0.2, 0) is 6.42 Å². The van der Waals surface area contributed by atoms with E-state index in [2.05, 4.69) is 27.4 Å². The molecular weight excluding hydrogens is 214 g/mol. The molecular formula is C12H17N5. The van der Waals surface area contributed by atoms with Gasteiger partial charge in [-0.3, -0.25) is 5.32 Å². The number of aliphatic imine (C=N–C) groups is 2. The normalized spacial score (nSPS) is 19.1. The van der Waals surface area contributed by atoms with Gasteiger partial charge >= 0.3 is 0 Å². The van der Waals surface area contributed by atoms with Crippen LogP contribution in [0.15, 0.2) is 40.3 Å². The minimum atomic E-state index is -0.143. The fraction of sp³-hybridized carbons (Fsp3) is 0.333. The zero-order valence-electron chi connectivity index (χ0n) is 10.1. The molecule has 0 spiro atoms. The standard InChI is InChI=1S/C12H17N5/c1-17(2)12-15-10(14-11(13)16-12)8-9-6-4-3-5-7-9/h3-7,10H,8H2,1-2H3,(H3,13,14,15,16). The van der Waals surface area contributed by atoms with Gasteiger partial charge in [-0.15, -0.1) is 0 Å². The number of nitrogens with zero attached hydrogens (tertiary/aromatic N) is 3. The van der Waals surface area contributed by atoms with Crippen LogP contribution in [0.2, 0.25) is 0 Å². The van der Waals surface area contributed by atoms with E-state index in [-0.39, 0.29) is 6.17 Å². The van der Waals surface area contributed by atoms with Crippen molar-refractivity contribution in [3.8, 4) is 0 Å². The van der Waals surface area contributed by atoms with Crippen molar-refractivity contribution in [1.82, 2.24) is 10.2 Å². The third-order valence-corrected chi connectivity index (χ3v) is 2.48. The van der Waals surface area contributed by atoms with E-state index in [9.17, 15) is 0 Å². The van der Waals surface area contributed by atoms with Crippen LogP contribution in [0.5, 0.6) is 0 Å². The van der Waals surface area contributed by atoms with Crippen LogP contribution < -0.4 is 11.1 Å². The highest BCUT2D eigenvalue weighted by molar-refractivity contribution is 5.99. The Labute approximate surface area is 101 Å². The summed E-state index contributed by atoms with van der Waals surface area (Å²) in [5.74, 6) is 1.17. The van der Waals surface area contributed by atoms with Gasteiger partial charge in [-0.1, -0.05) is 30.3 Å². The second kappa shape index (κ2) is 4.86. The zero-order valence-corrected chi connectivity index (χ0v) is 10.1. The summed E-state index contributed by atoms with van der Waals surface area (Å²) < 4.78 is 0. The molecule has 0 amide bonds. The van der Waals surface area contributed by atoms with Crippen molar-refractivity contribution < 1.29 is 0 Å². The van der Waals surface area contributed by atoms with E-state index in [1.54, 1.807) is 0 Å². The van der Waals surface area contributed by atoms with E-state index >= 15 is 0 Å². The van der Waals surface area contributed by atoms with Gasteiger partial charge in [0, 0.05) is 20.5 Å². The SMILES string of the molecule is CN(C)C1=NC(Cc2ccccc2)N=C(N)N1. The van der Waals surface area contributed by atoms with Crippen molar-refractivity contribution in [1.29, 1.82) is 0 Å². The van der Waals surface area contributed by atoms with Crippen LogP contribution >= 0.6 is 0 Å². The molecule has 0 radical (unpaired) electrons. The molecule has 17 heavy (non-hydrogen) atoms. The molecule has 0 saturated heterocycles. The van der Waals surface area contributed by atoms with E-state index in [0.717, 1.165) is 12.4 Å². The molecule has 1 aromatic carbocycles. The van der Waals surface area contributed by atoms with Gasteiger partial charge in [0.2, 0.25) is 5.96 Å². The number of hydrogen-bond donors (Lipinski definition) is 2. The first-order valence-corrected chi connectivity index (χ1v) is 5.54. The van der Waals surface area contributed by atoms with Gasteiger partial charge in [0.1, 0.15) is 0 Å². The Morgan fingerprint density at radius 3 is 2.59 bits per heavy atom. The summed E-state index contributed by atoms with van der Waals surface area (Å²) in [7, 11) is 3.84. The lowest BCUT2D eigenvalue weighted by atomic mass is 10.1. The third kappa shape index (κ3) is 2.96. The van der Waals surface area contributed by atoms with Gasteiger partial charge in [0.05, 0.1) is 0 Å². The summed E-state index contributed by atoms with van der Waals surface area (Å²) in [6.07, 6.45) is 0.622. The number of rotatable bonds is 2. The Hall–Kier alpha value is -2.04. The highest BCUT2D eigenvalue weighted by atomic mass is 15.4. The van der Waals surface area contributed by atoms with Gasteiger partial charge in [-0.2, -0.15) is 0 Å². The number of nitrogens with two attached hydrogens (primary N) is 1. The van der Waals surface area contributed by atoms with Crippen molar-refractivity contribution in [2.45, 2.75) is 12.6 Å². The summed E-state index contributed by atoms with van der Waals surface area (Å²) in [6.45, 7) is 0. The number of hydrogen-bond acceptors (Lipinski definition) is 5. The molecule has 2 rings (SSSR count). The van der Waals surface area contributed by atoms with Crippen LogP contribution in [0.3, 0.4) is 0 Å². The van der Waals surface area contributed by atoms with E-state index in [1.165, 1.54) is 5.56 Å². The highest BCUT2D eigenvalue weighted by Crippen LogP contribution is 2.09. The van der Waals surface area contributed by atoms with E-state index < -0.39 is 0 Å². The molecule has 5 heteroatoms. The van der Waals surface area contributed by atoms with Gasteiger partial charge in [0.15, 0.2) is 12.1 Å². The highest BCUT2D eigenvalue weighted by Gasteiger charge is 2.16. The molecule has 1 unspecified atom stereocenters. The predicted molar refractivity (Wildman–Crippen MR) is 69.8 cm³/mol. The van der Waals surface area contributed by atoms with Gasteiger partial charge < -0.3 is 10.6 Å². The van der Waals surface area contributed by atoms with Crippen LogP contribution in [0, 0.1) is 0 Å². The third-order valence-electron chi connectivity index (χ3n) is 2.48. The number of guanidine groups is 2. The maximum absolute atomic E-state index is 5.74. The molecule has 1 aromatic rings. The largest absolute Gasteiger partial charge is 0.370 e. The van der Waals surface area contributed by atoms with Crippen molar-refractivity contribution in [3.05, 3.63) is 35.9 Å². The van der Waals surface area contributed by atoms with E-state index in [1.807, 2.05) is 37.2 Å². The number of nitrogens with one attached hydrogen (secondary N) is 1. The molecule has 5 nitrogen and oxygen atoms in total. The summed E-state index contributed by atoms with van der Waals surface area (Å²) >= 11 is 0. The van der Waals surface area contributed by atoms with Crippen LogP contribution in [0.1, 0.15) is 5.56 Å². The maximum Gasteiger partial charge on any atom is 0.202 e. The fourth-order valence-electron chi connectivity index (χ4n) is 1.65. The molecule has 1 aliphatic heterocycles. The zero-order chi connectivity index (χ0) is 12.3. The molecule has 1 heterocycles. The molecule has 3 N–H and O–H groups in total. The Balaban J connectivity index is 2.12. The predicted octanol–water partition coefficient (Wildman–Crippen LogP) is 0.391. The molecule has 0 aromatic heterocycles. The van der Waals surface area contributed by atoms with Crippen molar-refractivity contribution in [2.24, 2.45) is 15.7 Å². The second-order valence-electron chi connectivity index (χ2n) is 4.16. The van der Waals surface area contributed by atoms with Crippen molar-refractivity contribution in [3.63, 3.8) is 0 Å². The summed E-state index contributed by atoms with van der Waals surface area (Å²) in [5, 5.41) is 2.94. The Kier molecular flexibility index (Phi) is 3.27. The van der Waals surface area contributed by atoms with E-state index in [0.29, 0.717) is 5.96 Å². The molecule has 0 fully saturated rings. The molecule has 90 valence electrons. The van der Waals surface area contributed by atoms with Crippen LogP contribution in [-0.4, -0.2) is 37.1 Å². The van der Waals surface area contributed by atoms with Gasteiger partial charge in [-0.05, 0) is 5.56 Å². The first kappa shape index (κ1) is 11.4. The maximum atomic E-state index is 5.74. The molecule has 1 aliphatic rings. The van der Waals surface area contributed by atoms with E-state index in [4.69, 9.17) is 5.73 Å². The van der Waals surface area contributed by atoms with Crippen LogP contribution in [0.25, 0.3) is 0 Å². The number of benzene rings is 1. The second-order valence-corrected chi connectivity index (χ2v) is 4.16. The van der Waals surface area contributed by atoms with Gasteiger partial charge in [-0.25, -0.2) is 9.98 Å². The van der Waals surface area contributed by atoms with Crippen LogP contribution in [0.4, 0.5) is 0 Å². The topological polar surface area (TPSA) is 66.0 Å².